The van der Waals surface area contributed by atoms with Crippen molar-refractivity contribution in [3.8, 4) is 0 Å². The van der Waals surface area contributed by atoms with Crippen LogP contribution in [-0.2, 0) is 0 Å². The third-order valence-electron chi connectivity index (χ3n) is 4.26. The van der Waals surface area contributed by atoms with Gasteiger partial charge in [0.2, 0.25) is 0 Å². The first-order valence-electron chi connectivity index (χ1n) is 8.91. The number of thiophene rings is 1. The van der Waals surface area contributed by atoms with Crippen LogP contribution in [0.25, 0.3) is 0 Å². The van der Waals surface area contributed by atoms with E-state index in [1.54, 1.807) is 4.88 Å². The molecule has 116 valence electrons. The van der Waals surface area contributed by atoms with Gasteiger partial charge in [0.15, 0.2) is 0 Å². The van der Waals surface area contributed by atoms with Crippen molar-refractivity contribution in [2.75, 3.05) is 0 Å². The van der Waals surface area contributed by atoms with E-state index in [0.717, 1.165) is 5.92 Å². The molecule has 0 bridgehead atoms. The van der Waals surface area contributed by atoms with Gasteiger partial charge in [0, 0.05) is 4.88 Å². The fraction of sp³-hybridized carbons (Fsp3) is 0.789. The minimum atomic E-state index is 0.845. The summed E-state index contributed by atoms with van der Waals surface area (Å²) in [4.78, 5) is 1.63. The number of rotatable bonds is 13. The van der Waals surface area contributed by atoms with Gasteiger partial charge in [-0.1, -0.05) is 84.1 Å². The highest BCUT2D eigenvalue weighted by Crippen LogP contribution is 2.31. The van der Waals surface area contributed by atoms with E-state index in [9.17, 15) is 0 Å². The molecule has 0 aliphatic rings. The highest BCUT2D eigenvalue weighted by atomic mass is 32.1. The van der Waals surface area contributed by atoms with Gasteiger partial charge in [0.25, 0.3) is 0 Å². The van der Waals surface area contributed by atoms with Gasteiger partial charge >= 0.3 is 0 Å². The maximum Gasteiger partial charge on any atom is 0.00761 e. The lowest BCUT2D eigenvalue weighted by atomic mass is 9.93. The van der Waals surface area contributed by atoms with E-state index in [1.807, 2.05) is 11.3 Å². The summed E-state index contributed by atoms with van der Waals surface area (Å²) in [5, 5.41) is 2.24. The largest absolute Gasteiger partial charge is 0.149 e. The highest BCUT2D eigenvalue weighted by Gasteiger charge is 2.11. The first-order valence-corrected chi connectivity index (χ1v) is 9.79. The van der Waals surface area contributed by atoms with E-state index in [0.29, 0.717) is 0 Å². The average molecular weight is 295 g/mol. The molecule has 0 saturated carbocycles. The van der Waals surface area contributed by atoms with Crippen molar-refractivity contribution in [2.24, 2.45) is 0 Å². The van der Waals surface area contributed by atoms with E-state index in [-0.39, 0.29) is 0 Å². The molecule has 0 fully saturated rings. The molecule has 0 spiro atoms. The van der Waals surface area contributed by atoms with Crippen LogP contribution >= 0.6 is 11.3 Å². The Hall–Kier alpha value is -0.300. The Bertz CT molecular complexity index is 289. The molecule has 1 rings (SSSR count). The Balaban J connectivity index is 2.16. The second-order valence-electron chi connectivity index (χ2n) is 6.12. The molecule has 0 saturated heterocycles. The molecule has 1 heteroatoms. The Morgan fingerprint density at radius 3 is 1.95 bits per heavy atom. The number of hydrogen-bond donors (Lipinski definition) is 0. The lowest BCUT2D eigenvalue weighted by molar-refractivity contribution is 0.498. The van der Waals surface area contributed by atoms with Crippen LogP contribution in [0.3, 0.4) is 0 Å². The lowest BCUT2D eigenvalue weighted by Gasteiger charge is -2.15. The number of unbranched alkanes of at least 4 members (excludes halogenated alkanes) is 8. The summed E-state index contributed by atoms with van der Waals surface area (Å²) in [5.41, 5.74) is 0. The molecule has 0 nitrogen and oxygen atoms in total. The molecule has 1 aromatic heterocycles. The van der Waals surface area contributed by atoms with Crippen LogP contribution in [0.1, 0.15) is 102 Å². The van der Waals surface area contributed by atoms with Crippen LogP contribution in [0.15, 0.2) is 17.5 Å². The van der Waals surface area contributed by atoms with Gasteiger partial charge in [0.1, 0.15) is 0 Å². The van der Waals surface area contributed by atoms with Crippen LogP contribution in [0, 0.1) is 0 Å². The third-order valence-corrected chi connectivity index (χ3v) is 5.29. The molecule has 0 amide bonds. The summed E-state index contributed by atoms with van der Waals surface area (Å²) in [6.07, 6.45) is 17.0. The van der Waals surface area contributed by atoms with Crippen LogP contribution in [-0.4, -0.2) is 0 Å². The Labute approximate surface area is 131 Å². The standard InChI is InChI=1S/C19H34S/c1-3-5-7-8-9-10-12-15-18(14-11-6-4-2)19-16-13-17-20-19/h13,16-18H,3-12,14-15H2,1-2H3. The van der Waals surface area contributed by atoms with Crippen LogP contribution in [0.2, 0.25) is 0 Å². The maximum atomic E-state index is 2.35. The second-order valence-corrected chi connectivity index (χ2v) is 7.10. The summed E-state index contributed by atoms with van der Waals surface area (Å²) >= 11 is 1.96. The minimum Gasteiger partial charge on any atom is -0.149 e. The van der Waals surface area contributed by atoms with Crippen LogP contribution in [0.5, 0.6) is 0 Å². The Morgan fingerprint density at radius 2 is 1.35 bits per heavy atom. The van der Waals surface area contributed by atoms with Gasteiger partial charge < -0.3 is 0 Å². The number of hydrogen-bond acceptors (Lipinski definition) is 1. The predicted molar refractivity (Wildman–Crippen MR) is 93.8 cm³/mol. The quantitative estimate of drug-likeness (QED) is 0.329. The fourth-order valence-corrected chi connectivity index (χ4v) is 3.84. The molecule has 1 heterocycles. The first-order chi connectivity index (χ1) is 9.88. The van der Waals surface area contributed by atoms with Crippen molar-refractivity contribution in [3.05, 3.63) is 22.4 Å². The minimum absolute atomic E-state index is 0.845. The summed E-state index contributed by atoms with van der Waals surface area (Å²) in [7, 11) is 0. The van der Waals surface area contributed by atoms with Gasteiger partial charge in [-0.2, -0.15) is 0 Å². The molecule has 1 unspecified atom stereocenters. The molecule has 0 aromatic carbocycles. The zero-order valence-corrected chi connectivity index (χ0v) is 14.5. The average Bonchev–Trinajstić information content (AvgIpc) is 2.98. The zero-order valence-electron chi connectivity index (χ0n) is 13.7. The molecule has 0 aliphatic heterocycles. The summed E-state index contributed by atoms with van der Waals surface area (Å²) < 4.78 is 0. The van der Waals surface area contributed by atoms with Gasteiger partial charge in [-0.25, -0.2) is 0 Å². The van der Waals surface area contributed by atoms with Crippen molar-refractivity contribution in [2.45, 2.75) is 96.8 Å². The monoisotopic (exact) mass is 294 g/mol. The van der Waals surface area contributed by atoms with Gasteiger partial charge in [-0.05, 0) is 30.2 Å². The Kier molecular flexibility index (Phi) is 11.0. The zero-order chi connectivity index (χ0) is 14.5. The smallest absolute Gasteiger partial charge is 0.00761 e. The molecular weight excluding hydrogens is 260 g/mol. The van der Waals surface area contributed by atoms with E-state index < -0.39 is 0 Å². The van der Waals surface area contributed by atoms with Crippen molar-refractivity contribution in [3.63, 3.8) is 0 Å². The highest BCUT2D eigenvalue weighted by molar-refractivity contribution is 7.10. The topological polar surface area (TPSA) is 0 Å². The van der Waals surface area contributed by atoms with Gasteiger partial charge in [-0.3, -0.25) is 0 Å². The van der Waals surface area contributed by atoms with E-state index >= 15 is 0 Å². The first kappa shape index (κ1) is 17.8. The molecule has 0 radical (unpaired) electrons. The molecule has 1 aromatic rings. The van der Waals surface area contributed by atoms with Crippen molar-refractivity contribution in [1.82, 2.24) is 0 Å². The molecule has 0 aliphatic carbocycles. The van der Waals surface area contributed by atoms with E-state index in [1.165, 1.54) is 77.0 Å². The summed E-state index contributed by atoms with van der Waals surface area (Å²) in [5.74, 6) is 0.845. The van der Waals surface area contributed by atoms with Crippen molar-refractivity contribution >= 4 is 11.3 Å². The fourth-order valence-electron chi connectivity index (χ4n) is 2.94. The molecular formula is C19H34S. The van der Waals surface area contributed by atoms with Gasteiger partial charge in [0.05, 0.1) is 0 Å². The van der Waals surface area contributed by atoms with Gasteiger partial charge in [-0.15, -0.1) is 11.3 Å². The second kappa shape index (κ2) is 12.4. The molecule has 0 N–H and O–H groups in total. The normalized spacial score (nSPS) is 12.7. The summed E-state index contributed by atoms with van der Waals surface area (Å²) in [6.45, 7) is 4.60. The molecule has 1 atom stereocenters. The van der Waals surface area contributed by atoms with Crippen molar-refractivity contribution < 1.29 is 0 Å². The maximum absolute atomic E-state index is 2.35. The van der Waals surface area contributed by atoms with Crippen LogP contribution in [0.4, 0.5) is 0 Å². The van der Waals surface area contributed by atoms with E-state index in [2.05, 4.69) is 31.4 Å². The Morgan fingerprint density at radius 1 is 0.800 bits per heavy atom. The lowest BCUT2D eigenvalue weighted by Crippen LogP contribution is -1.97. The predicted octanol–water partition coefficient (Wildman–Crippen LogP) is 7.55. The van der Waals surface area contributed by atoms with Crippen molar-refractivity contribution in [1.29, 1.82) is 0 Å². The molecule has 20 heavy (non-hydrogen) atoms. The third kappa shape index (κ3) is 8.09. The van der Waals surface area contributed by atoms with E-state index in [4.69, 9.17) is 0 Å². The SMILES string of the molecule is CCCCCCCCCC(CCCCC)c1cccs1. The van der Waals surface area contributed by atoms with Crippen LogP contribution < -0.4 is 0 Å². The summed E-state index contributed by atoms with van der Waals surface area (Å²) in [6, 6.07) is 4.57.